The van der Waals surface area contributed by atoms with Crippen LogP contribution in [0, 0.1) is 0 Å². The molecule has 7 heteroatoms. The summed E-state index contributed by atoms with van der Waals surface area (Å²) in [6.45, 7) is 1.99. The van der Waals surface area contributed by atoms with Crippen LogP contribution in [0.4, 0.5) is 5.69 Å². The number of imidazole rings is 1. The molecule has 1 N–H and O–H groups in total. The van der Waals surface area contributed by atoms with Gasteiger partial charge in [0.2, 0.25) is 5.91 Å². The lowest BCUT2D eigenvalue weighted by Crippen LogP contribution is -2.36. The first-order chi connectivity index (χ1) is 14.0. The molecule has 1 aromatic heterocycles. The van der Waals surface area contributed by atoms with E-state index in [0.29, 0.717) is 10.9 Å². The van der Waals surface area contributed by atoms with Crippen molar-refractivity contribution in [1.82, 2.24) is 14.5 Å². The molecule has 2 aromatic carbocycles. The minimum atomic E-state index is -0.263. The number of carbonyl (C=O) groups is 2. The van der Waals surface area contributed by atoms with Crippen LogP contribution in [0.3, 0.4) is 0 Å². The number of thioether (sulfide) groups is 1. The second-order valence-corrected chi connectivity index (χ2v) is 7.29. The van der Waals surface area contributed by atoms with Crippen LogP contribution in [0.2, 0.25) is 0 Å². The van der Waals surface area contributed by atoms with Gasteiger partial charge in [0, 0.05) is 18.4 Å². The van der Waals surface area contributed by atoms with E-state index in [1.54, 1.807) is 13.2 Å². The molecule has 0 aliphatic rings. The predicted octanol–water partition coefficient (Wildman–Crippen LogP) is 3.87. The van der Waals surface area contributed by atoms with Crippen LogP contribution in [-0.4, -0.2) is 46.1 Å². The molecule has 29 heavy (non-hydrogen) atoms. The summed E-state index contributed by atoms with van der Waals surface area (Å²) in [5.74, 6) is -0.502. The van der Waals surface area contributed by atoms with Gasteiger partial charge in [0.15, 0.2) is 5.16 Å². The summed E-state index contributed by atoms with van der Waals surface area (Å²) in [5, 5.41) is 3.62. The fourth-order valence-corrected chi connectivity index (χ4v) is 3.62. The van der Waals surface area contributed by atoms with Gasteiger partial charge in [-0.1, -0.05) is 55.1 Å². The standard InChI is InChI=1S/C22H24N4O2S/c1-4-16-10-8-9-13-18(16)24-20(27)15-25(2)21(28)19-14-23-22(29-3)26(19)17-11-6-5-7-12-17/h5-14H,4,15H2,1-3H3,(H,24,27). The topological polar surface area (TPSA) is 67.2 Å². The zero-order chi connectivity index (χ0) is 20.8. The van der Waals surface area contributed by atoms with Gasteiger partial charge in [-0.2, -0.15) is 0 Å². The van der Waals surface area contributed by atoms with Gasteiger partial charge in [0.25, 0.3) is 5.91 Å². The van der Waals surface area contributed by atoms with Gasteiger partial charge in [0.05, 0.1) is 12.7 Å². The Balaban J connectivity index is 1.77. The number of aromatic nitrogens is 2. The van der Waals surface area contributed by atoms with Crippen molar-refractivity contribution in [3.8, 4) is 5.69 Å². The molecular formula is C22H24N4O2S. The molecule has 0 saturated heterocycles. The van der Waals surface area contributed by atoms with Gasteiger partial charge < -0.3 is 10.2 Å². The van der Waals surface area contributed by atoms with Crippen LogP contribution in [0.1, 0.15) is 23.0 Å². The third kappa shape index (κ3) is 4.68. The highest BCUT2D eigenvalue weighted by atomic mass is 32.2. The van der Waals surface area contributed by atoms with Gasteiger partial charge in [0.1, 0.15) is 5.69 Å². The molecule has 0 aliphatic heterocycles. The summed E-state index contributed by atoms with van der Waals surface area (Å²) in [7, 11) is 1.62. The summed E-state index contributed by atoms with van der Waals surface area (Å²) in [6.07, 6.45) is 4.29. The predicted molar refractivity (Wildman–Crippen MR) is 117 cm³/mol. The maximum atomic E-state index is 13.1. The van der Waals surface area contributed by atoms with Gasteiger partial charge in [-0.3, -0.25) is 14.2 Å². The number of para-hydroxylation sites is 2. The molecule has 3 aromatic rings. The smallest absolute Gasteiger partial charge is 0.272 e. The van der Waals surface area contributed by atoms with Gasteiger partial charge in [-0.05, 0) is 36.4 Å². The number of nitrogens with zero attached hydrogens (tertiary/aromatic N) is 3. The number of hydrogen-bond donors (Lipinski definition) is 1. The van der Waals surface area contributed by atoms with Crippen molar-refractivity contribution in [3.05, 3.63) is 72.1 Å². The molecule has 0 unspecified atom stereocenters. The SMILES string of the molecule is CCc1ccccc1NC(=O)CN(C)C(=O)c1cnc(SC)n1-c1ccccc1. The Morgan fingerprint density at radius 1 is 1.10 bits per heavy atom. The van der Waals surface area contributed by atoms with Crippen molar-refractivity contribution in [1.29, 1.82) is 0 Å². The quantitative estimate of drug-likeness (QED) is 0.603. The Hall–Kier alpha value is -3.06. The van der Waals surface area contributed by atoms with Gasteiger partial charge >= 0.3 is 0 Å². The van der Waals surface area contributed by atoms with Crippen molar-refractivity contribution in [2.75, 3.05) is 25.2 Å². The molecule has 150 valence electrons. The highest BCUT2D eigenvalue weighted by Gasteiger charge is 2.22. The van der Waals surface area contributed by atoms with Crippen LogP contribution >= 0.6 is 11.8 Å². The lowest BCUT2D eigenvalue weighted by Gasteiger charge is -2.19. The molecule has 0 aliphatic carbocycles. The van der Waals surface area contributed by atoms with E-state index in [1.165, 1.54) is 16.7 Å². The number of benzene rings is 2. The maximum absolute atomic E-state index is 13.1. The van der Waals surface area contributed by atoms with E-state index >= 15 is 0 Å². The van der Waals surface area contributed by atoms with Crippen molar-refractivity contribution < 1.29 is 9.59 Å². The number of hydrogen-bond acceptors (Lipinski definition) is 4. The number of rotatable bonds is 7. The average Bonchev–Trinajstić information content (AvgIpc) is 3.18. The molecule has 2 amide bonds. The number of anilines is 1. The molecule has 0 fully saturated rings. The number of likely N-dealkylation sites (N-methyl/N-ethyl adjacent to an activating group) is 1. The van der Waals surface area contributed by atoms with E-state index in [0.717, 1.165) is 23.4 Å². The summed E-state index contributed by atoms with van der Waals surface area (Å²) in [4.78, 5) is 31.3. The molecule has 0 saturated carbocycles. The molecule has 6 nitrogen and oxygen atoms in total. The third-order valence-corrected chi connectivity index (χ3v) is 5.20. The fraction of sp³-hybridized carbons (Fsp3) is 0.227. The van der Waals surface area contributed by atoms with Crippen molar-refractivity contribution in [2.45, 2.75) is 18.5 Å². The lowest BCUT2D eigenvalue weighted by molar-refractivity contribution is -0.116. The molecule has 0 spiro atoms. The van der Waals surface area contributed by atoms with Gasteiger partial charge in [-0.15, -0.1) is 0 Å². The minimum absolute atomic E-state index is 0.0501. The van der Waals surface area contributed by atoms with E-state index in [9.17, 15) is 9.59 Å². The number of carbonyl (C=O) groups excluding carboxylic acids is 2. The number of nitrogens with one attached hydrogen (secondary N) is 1. The van der Waals surface area contributed by atoms with E-state index in [4.69, 9.17) is 0 Å². The van der Waals surface area contributed by atoms with Crippen LogP contribution in [-0.2, 0) is 11.2 Å². The average molecular weight is 409 g/mol. The van der Waals surface area contributed by atoms with E-state index in [-0.39, 0.29) is 18.4 Å². The molecule has 0 atom stereocenters. The third-order valence-electron chi connectivity index (χ3n) is 4.55. The van der Waals surface area contributed by atoms with Crippen molar-refractivity contribution >= 4 is 29.3 Å². The first kappa shape index (κ1) is 20.7. The first-order valence-electron chi connectivity index (χ1n) is 9.35. The van der Waals surface area contributed by atoms with E-state index < -0.39 is 0 Å². The van der Waals surface area contributed by atoms with Crippen LogP contribution in [0.25, 0.3) is 5.69 Å². The molecule has 1 heterocycles. The van der Waals surface area contributed by atoms with E-state index in [1.807, 2.05) is 72.3 Å². The monoisotopic (exact) mass is 408 g/mol. The molecule has 3 rings (SSSR count). The van der Waals surface area contributed by atoms with Crippen LogP contribution in [0.5, 0.6) is 0 Å². The van der Waals surface area contributed by atoms with Crippen molar-refractivity contribution in [2.24, 2.45) is 0 Å². The number of aryl methyl sites for hydroxylation is 1. The van der Waals surface area contributed by atoms with Crippen molar-refractivity contribution in [3.63, 3.8) is 0 Å². The maximum Gasteiger partial charge on any atom is 0.272 e. The largest absolute Gasteiger partial charge is 0.331 e. The minimum Gasteiger partial charge on any atom is -0.331 e. The Labute approximate surface area is 174 Å². The number of amides is 2. The summed E-state index contributed by atoms with van der Waals surface area (Å²) in [5.41, 5.74) is 3.11. The summed E-state index contributed by atoms with van der Waals surface area (Å²) < 4.78 is 1.81. The van der Waals surface area contributed by atoms with Crippen LogP contribution in [0.15, 0.2) is 66.0 Å². The summed E-state index contributed by atoms with van der Waals surface area (Å²) in [6, 6.07) is 17.3. The Kier molecular flexibility index (Phi) is 6.72. The molecular weight excluding hydrogens is 384 g/mol. The second kappa shape index (κ2) is 9.43. The first-order valence-corrected chi connectivity index (χ1v) is 10.6. The zero-order valence-corrected chi connectivity index (χ0v) is 17.6. The lowest BCUT2D eigenvalue weighted by atomic mass is 10.1. The molecule has 0 radical (unpaired) electrons. The highest BCUT2D eigenvalue weighted by molar-refractivity contribution is 7.98. The Morgan fingerprint density at radius 3 is 2.48 bits per heavy atom. The van der Waals surface area contributed by atoms with E-state index in [2.05, 4.69) is 10.3 Å². The Morgan fingerprint density at radius 2 is 1.79 bits per heavy atom. The van der Waals surface area contributed by atoms with Crippen LogP contribution < -0.4 is 5.32 Å². The normalized spacial score (nSPS) is 10.6. The Bertz CT molecular complexity index is 1000. The highest BCUT2D eigenvalue weighted by Crippen LogP contribution is 2.22. The molecule has 0 bridgehead atoms. The summed E-state index contributed by atoms with van der Waals surface area (Å²) >= 11 is 1.46. The zero-order valence-electron chi connectivity index (χ0n) is 16.8. The van der Waals surface area contributed by atoms with Gasteiger partial charge in [-0.25, -0.2) is 4.98 Å². The fourth-order valence-electron chi connectivity index (χ4n) is 3.08. The second-order valence-electron chi connectivity index (χ2n) is 6.52.